The van der Waals surface area contributed by atoms with Gasteiger partial charge < -0.3 is 9.47 Å². The molecule has 0 aliphatic rings. The number of nitrogens with one attached hydrogen (secondary N) is 1. The molecule has 1 aromatic heterocycles. The molecule has 6 nitrogen and oxygen atoms in total. The van der Waals surface area contributed by atoms with Crippen LogP contribution in [-0.4, -0.2) is 27.6 Å². The Morgan fingerprint density at radius 1 is 1.07 bits per heavy atom. The first-order valence-corrected chi connectivity index (χ1v) is 11.1. The molecule has 0 saturated carbocycles. The van der Waals surface area contributed by atoms with Crippen molar-refractivity contribution in [3.8, 4) is 22.8 Å². The second kappa shape index (κ2) is 8.62. The van der Waals surface area contributed by atoms with Gasteiger partial charge in [-0.05, 0) is 42.3 Å². The number of rotatable bonds is 8. The van der Waals surface area contributed by atoms with E-state index >= 15 is 0 Å². The van der Waals surface area contributed by atoms with E-state index in [0.29, 0.717) is 17.2 Å². The molecule has 1 heterocycles. The van der Waals surface area contributed by atoms with Crippen molar-refractivity contribution in [1.29, 1.82) is 0 Å². The van der Waals surface area contributed by atoms with Crippen molar-refractivity contribution in [2.75, 3.05) is 18.9 Å². The van der Waals surface area contributed by atoms with Crippen LogP contribution in [0.4, 0.5) is 5.13 Å². The summed E-state index contributed by atoms with van der Waals surface area (Å²) in [4.78, 5) is 4.63. The lowest BCUT2D eigenvalue weighted by molar-refractivity contribution is 0.404. The average Bonchev–Trinajstić information content (AvgIpc) is 3.15. The average molecular weight is 419 g/mol. The molecule has 3 aromatic rings. The van der Waals surface area contributed by atoms with Gasteiger partial charge in [0.1, 0.15) is 11.5 Å². The maximum absolute atomic E-state index is 12.7. The zero-order valence-electron chi connectivity index (χ0n) is 15.9. The fourth-order valence-electron chi connectivity index (χ4n) is 2.76. The summed E-state index contributed by atoms with van der Waals surface area (Å²) < 4.78 is 38.5. The molecule has 0 aliphatic heterocycles. The third-order valence-electron chi connectivity index (χ3n) is 4.18. The van der Waals surface area contributed by atoms with Crippen molar-refractivity contribution in [1.82, 2.24) is 4.98 Å². The predicted molar refractivity (Wildman–Crippen MR) is 112 cm³/mol. The van der Waals surface area contributed by atoms with Gasteiger partial charge in [0.2, 0.25) is 0 Å². The number of ether oxygens (including phenoxy) is 2. The molecule has 2 aromatic carbocycles. The topological polar surface area (TPSA) is 77.5 Å². The van der Waals surface area contributed by atoms with Crippen LogP contribution in [0.15, 0.2) is 52.7 Å². The molecule has 0 atom stereocenters. The van der Waals surface area contributed by atoms with Gasteiger partial charge in [0.15, 0.2) is 5.13 Å². The van der Waals surface area contributed by atoms with E-state index in [1.54, 1.807) is 49.9 Å². The molecule has 148 valence electrons. The Bertz CT molecular complexity index is 1040. The minimum Gasteiger partial charge on any atom is -0.497 e. The first kappa shape index (κ1) is 20.2. The van der Waals surface area contributed by atoms with Crippen LogP contribution in [0, 0.1) is 0 Å². The van der Waals surface area contributed by atoms with Gasteiger partial charge in [-0.25, -0.2) is 13.4 Å². The first-order chi connectivity index (χ1) is 13.5. The number of benzene rings is 2. The minimum absolute atomic E-state index is 0.211. The molecule has 0 radical (unpaired) electrons. The van der Waals surface area contributed by atoms with Crippen molar-refractivity contribution in [3.05, 3.63) is 53.4 Å². The quantitative estimate of drug-likeness (QED) is 0.579. The normalized spacial score (nSPS) is 11.2. The Hall–Kier alpha value is -2.58. The number of hydrogen-bond acceptors (Lipinski definition) is 6. The summed E-state index contributed by atoms with van der Waals surface area (Å²) in [6, 6.07) is 12.3. The summed E-state index contributed by atoms with van der Waals surface area (Å²) in [5.41, 5.74) is 2.45. The van der Waals surface area contributed by atoms with Crippen LogP contribution >= 0.6 is 11.3 Å². The second-order valence-electron chi connectivity index (χ2n) is 6.10. The highest BCUT2D eigenvalue weighted by molar-refractivity contribution is 7.93. The Kier molecular flexibility index (Phi) is 6.21. The van der Waals surface area contributed by atoms with Crippen LogP contribution in [-0.2, 0) is 16.4 Å². The van der Waals surface area contributed by atoms with Crippen molar-refractivity contribution < 1.29 is 17.9 Å². The van der Waals surface area contributed by atoms with Gasteiger partial charge in [-0.2, -0.15) is 0 Å². The summed E-state index contributed by atoms with van der Waals surface area (Å²) >= 11 is 1.21. The van der Waals surface area contributed by atoms with E-state index in [-0.39, 0.29) is 10.0 Å². The molecule has 1 N–H and O–H groups in total. The first-order valence-electron chi connectivity index (χ1n) is 8.76. The van der Waals surface area contributed by atoms with E-state index in [4.69, 9.17) is 9.47 Å². The number of nitrogens with zero attached hydrogens (tertiary/aromatic N) is 1. The van der Waals surface area contributed by atoms with Gasteiger partial charge in [0.25, 0.3) is 10.0 Å². The van der Waals surface area contributed by atoms with E-state index < -0.39 is 10.0 Å². The molecule has 0 amide bonds. The summed E-state index contributed by atoms with van der Waals surface area (Å²) in [5, 5.41) is 2.07. The van der Waals surface area contributed by atoms with Gasteiger partial charge in [-0.1, -0.05) is 25.5 Å². The number of anilines is 1. The standard InChI is InChI=1S/C20H22N2O4S2/c1-4-5-14-6-9-16(10-7-14)28(23,24)22-20-21-18(13-27-20)17-12-15(25-2)8-11-19(17)26-3/h6-13H,4-5H2,1-3H3,(H,21,22). The van der Waals surface area contributed by atoms with Gasteiger partial charge in [-0.15, -0.1) is 11.3 Å². The van der Waals surface area contributed by atoms with Gasteiger partial charge in [0.05, 0.1) is 24.8 Å². The summed E-state index contributed by atoms with van der Waals surface area (Å²) in [6.07, 6.45) is 1.94. The molecule has 28 heavy (non-hydrogen) atoms. The zero-order chi connectivity index (χ0) is 20.1. The monoisotopic (exact) mass is 418 g/mol. The maximum Gasteiger partial charge on any atom is 0.263 e. The highest BCUT2D eigenvalue weighted by atomic mass is 32.2. The Morgan fingerprint density at radius 2 is 1.82 bits per heavy atom. The van der Waals surface area contributed by atoms with Crippen molar-refractivity contribution >= 4 is 26.5 Å². The second-order valence-corrected chi connectivity index (χ2v) is 8.64. The number of hydrogen-bond donors (Lipinski definition) is 1. The highest BCUT2D eigenvalue weighted by Gasteiger charge is 2.18. The SMILES string of the molecule is CCCc1ccc(S(=O)(=O)Nc2nc(-c3cc(OC)ccc3OC)cs2)cc1. The fourth-order valence-corrected chi connectivity index (χ4v) is 4.72. The van der Waals surface area contributed by atoms with Crippen LogP contribution < -0.4 is 14.2 Å². The molecular weight excluding hydrogens is 396 g/mol. The summed E-state index contributed by atoms with van der Waals surface area (Å²) in [5.74, 6) is 1.30. The van der Waals surface area contributed by atoms with Crippen LogP contribution in [0.1, 0.15) is 18.9 Å². The fraction of sp³-hybridized carbons (Fsp3) is 0.250. The van der Waals surface area contributed by atoms with Gasteiger partial charge in [0, 0.05) is 10.9 Å². The zero-order valence-corrected chi connectivity index (χ0v) is 17.6. The summed E-state index contributed by atoms with van der Waals surface area (Å²) in [7, 11) is -0.546. The van der Waals surface area contributed by atoms with E-state index in [1.807, 2.05) is 12.1 Å². The van der Waals surface area contributed by atoms with Gasteiger partial charge in [-0.3, -0.25) is 4.72 Å². The van der Waals surface area contributed by atoms with Crippen LogP contribution in [0.3, 0.4) is 0 Å². The Labute approximate surface area is 169 Å². The molecule has 0 bridgehead atoms. The lowest BCUT2D eigenvalue weighted by Crippen LogP contribution is -2.12. The molecule has 0 spiro atoms. The van der Waals surface area contributed by atoms with Crippen molar-refractivity contribution in [3.63, 3.8) is 0 Å². The molecular formula is C20H22N2O4S2. The third kappa shape index (κ3) is 4.45. The third-order valence-corrected chi connectivity index (χ3v) is 6.42. The largest absolute Gasteiger partial charge is 0.497 e. The highest BCUT2D eigenvalue weighted by Crippen LogP contribution is 2.35. The van der Waals surface area contributed by atoms with Crippen LogP contribution in [0.25, 0.3) is 11.3 Å². The Morgan fingerprint density at radius 3 is 2.46 bits per heavy atom. The summed E-state index contributed by atoms with van der Waals surface area (Å²) in [6.45, 7) is 2.09. The molecule has 0 fully saturated rings. The van der Waals surface area contributed by atoms with Gasteiger partial charge >= 0.3 is 0 Å². The smallest absolute Gasteiger partial charge is 0.263 e. The van der Waals surface area contributed by atoms with Crippen LogP contribution in [0.2, 0.25) is 0 Å². The number of methoxy groups -OCH3 is 2. The van der Waals surface area contributed by atoms with E-state index in [0.717, 1.165) is 24.0 Å². The lowest BCUT2D eigenvalue weighted by atomic mass is 10.1. The molecule has 0 aliphatic carbocycles. The molecule has 0 saturated heterocycles. The van der Waals surface area contributed by atoms with E-state index in [9.17, 15) is 8.42 Å². The van der Waals surface area contributed by atoms with Crippen molar-refractivity contribution in [2.45, 2.75) is 24.7 Å². The number of aryl methyl sites for hydroxylation is 1. The number of thiazole rings is 1. The predicted octanol–water partition coefficient (Wildman–Crippen LogP) is 4.58. The lowest BCUT2D eigenvalue weighted by Gasteiger charge is -2.08. The van der Waals surface area contributed by atoms with Crippen LogP contribution in [0.5, 0.6) is 11.5 Å². The number of aromatic nitrogens is 1. The number of sulfonamides is 1. The Balaban J connectivity index is 1.84. The van der Waals surface area contributed by atoms with E-state index in [1.165, 1.54) is 11.3 Å². The maximum atomic E-state index is 12.7. The molecule has 3 rings (SSSR count). The van der Waals surface area contributed by atoms with E-state index in [2.05, 4.69) is 16.6 Å². The molecule has 0 unspecified atom stereocenters. The minimum atomic E-state index is -3.70. The molecule has 8 heteroatoms. The van der Waals surface area contributed by atoms with Crippen molar-refractivity contribution in [2.24, 2.45) is 0 Å².